The molecule has 2 rings (SSSR count). The van der Waals surface area contributed by atoms with Crippen LogP contribution in [0.3, 0.4) is 0 Å². The van der Waals surface area contributed by atoms with Crippen molar-refractivity contribution in [1.29, 1.82) is 0 Å². The molecule has 3 amide bonds. The predicted molar refractivity (Wildman–Crippen MR) is 85.5 cm³/mol. The number of amides is 3. The molecule has 1 aromatic carbocycles. The minimum absolute atomic E-state index is 0.0691. The Bertz CT molecular complexity index is 513. The number of nitrogens with zero attached hydrogens (tertiary/aromatic N) is 1. The first kappa shape index (κ1) is 16.6. The standard InChI is InChI=1S/C15H21ClN4O2/c16-12-3-1-11(2-4-12)10-20-7-5-13(6-8-20)19-14(21)9-18-15(17)22/h1-4,13H,5-10H2,(H,19,21)(H3,17,18,22). The van der Waals surface area contributed by atoms with Crippen LogP contribution in [-0.4, -0.2) is 42.5 Å². The number of piperidine rings is 1. The molecule has 22 heavy (non-hydrogen) atoms. The first-order valence-corrected chi connectivity index (χ1v) is 7.70. The summed E-state index contributed by atoms with van der Waals surface area (Å²) in [6, 6.07) is 7.33. The monoisotopic (exact) mass is 324 g/mol. The average Bonchev–Trinajstić information content (AvgIpc) is 2.49. The summed E-state index contributed by atoms with van der Waals surface area (Å²) in [6.07, 6.45) is 1.80. The molecule has 4 N–H and O–H groups in total. The van der Waals surface area contributed by atoms with E-state index in [1.807, 2.05) is 24.3 Å². The maximum Gasteiger partial charge on any atom is 0.312 e. The van der Waals surface area contributed by atoms with E-state index >= 15 is 0 Å². The third kappa shape index (κ3) is 5.54. The fourth-order valence-electron chi connectivity index (χ4n) is 2.53. The highest BCUT2D eigenvalue weighted by molar-refractivity contribution is 6.30. The molecule has 1 aliphatic heterocycles. The van der Waals surface area contributed by atoms with Crippen LogP contribution in [0.2, 0.25) is 5.02 Å². The molecule has 7 heteroatoms. The van der Waals surface area contributed by atoms with E-state index in [1.165, 1.54) is 5.56 Å². The second-order valence-corrected chi connectivity index (χ2v) is 5.90. The third-order valence-corrected chi connectivity index (χ3v) is 3.95. The number of hydrogen-bond acceptors (Lipinski definition) is 3. The summed E-state index contributed by atoms with van der Waals surface area (Å²) in [7, 11) is 0. The van der Waals surface area contributed by atoms with Crippen molar-refractivity contribution < 1.29 is 9.59 Å². The number of nitrogens with one attached hydrogen (secondary N) is 2. The van der Waals surface area contributed by atoms with Crippen LogP contribution >= 0.6 is 11.6 Å². The van der Waals surface area contributed by atoms with Gasteiger partial charge in [-0.3, -0.25) is 9.69 Å². The summed E-state index contributed by atoms with van der Waals surface area (Å²) in [5, 5.41) is 5.94. The summed E-state index contributed by atoms with van der Waals surface area (Å²) in [4.78, 5) is 24.5. The Balaban J connectivity index is 1.70. The number of primary amides is 1. The smallest absolute Gasteiger partial charge is 0.312 e. The third-order valence-electron chi connectivity index (χ3n) is 3.70. The van der Waals surface area contributed by atoms with Crippen molar-refractivity contribution in [3.63, 3.8) is 0 Å². The van der Waals surface area contributed by atoms with Crippen LogP contribution in [0, 0.1) is 0 Å². The van der Waals surface area contributed by atoms with Crippen molar-refractivity contribution in [1.82, 2.24) is 15.5 Å². The highest BCUT2D eigenvalue weighted by Gasteiger charge is 2.20. The highest BCUT2D eigenvalue weighted by Crippen LogP contribution is 2.15. The van der Waals surface area contributed by atoms with Gasteiger partial charge < -0.3 is 16.4 Å². The fourth-order valence-corrected chi connectivity index (χ4v) is 2.66. The lowest BCUT2D eigenvalue weighted by Crippen LogP contribution is -2.47. The minimum atomic E-state index is -0.687. The highest BCUT2D eigenvalue weighted by atomic mass is 35.5. The van der Waals surface area contributed by atoms with E-state index in [4.69, 9.17) is 17.3 Å². The molecule has 1 saturated heterocycles. The van der Waals surface area contributed by atoms with Gasteiger partial charge in [-0.25, -0.2) is 4.79 Å². The van der Waals surface area contributed by atoms with Gasteiger partial charge in [0.1, 0.15) is 0 Å². The van der Waals surface area contributed by atoms with Gasteiger partial charge in [-0.2, -0.15) is 0 Å². The first-order chi connectivity index (χ1) is 10.5. The van der Waals surface area contributed by atoms with E-state index in [0.717, 1.165) is 37.5 Å². The van der Waals surface area contributed by atoms with E-state index in [0.29, 0.717) is 0 Å². The molecule has 120 valence electrons. The molecular weight excluding hydrogens is 304 g/mol. The Hall–Kier alpha value is -1.79. The van der Waals surface area contributed by atoms with E-state index in [1.54, 1.807) is 0 Å². The van der Waals surface area contributed by atoms with Gasteiger partial charge in [-0.1, -0.05) is 23.7 Å². The molecule has 0 saturated carbocycles. The summed E-state index contributed by atoms with van der Waals surface area (Å²) in [6.45, 7) is 2.68. The van der Waals surface area contributed by atoms with Gasteiger partial charge in [0.05, 0.1) is 6.54 Å². The van der Waals surface area contributed by atoms with E-state index < -0.39 is 6.03 Å². The molecule has 0 atom stereocenters. The van der Waals surface area contributed by atoms with Crippen LogP contribution in [0.15, 0.2) is 24.3 Å². The molecule has 0 aliphatic carbocycles. The number of carbonyl (C=O) groups is 2. The van der Waals surface area contributed by atoms with Crippen molar-refractivity contribution in [3.05, 3.63) is 34.9 Å². The Morgan fingerprint density at radius 1 is 1.23 bits per heavy atom. The number of likely N-dealkylation sites (tertiary alicyclic amines) is 1. The topological polar surface area (TPSA) is 87.5 Å². The molecule has 1 aliphatic rings. The lowest BCUT2D eigenvalue weighted by Gasteiger charge is -2.32. The van der Waals surface area contributed by atoms with Crippen LogP contribution in [0.4, 0.5) is 4.79 Å². The van der Waals surface area contributed by atoms with E-state index in [2.05, 4.69) is 15.5 Å². The molecule has 1 heterocycles. The van der Waals surface area contributed by atoms with Gasteiger partial charge in [-0.15, -0.1) is 0 Å². The summed E-state index contributed by atoms with van der Waals surface area (Å²) in [5.41, 5.74) is 6.16. The van der Waals surface area contributed by atoms with Gasteiger partial charge in [0.2, 0.25) is 5.91 Å². The normalized spacial score (nSPS) is 16.2. The van der Waals surface area contributed by atoms with Crippen LogP contribution in [0.1, 0.15) is 18.4 Å². The van der Waals surface area contributed by atoms with Gasteiger partial charge >= 0.3 is 6.03 Å². The number of hydrogen-bond donors (Lipinski definition) is 3. The lowest BCUT2D eigenvalue weighted by molar-refractivity contribution is -0.121. The molecule has 0 radical (unpaired) electrons. The zero-order chi connectivity index (χ0) is 15.9. The quantitative estimate of drug-likeness (QED) is 0.757. The van der Waals surface area contributed by atoms with Gasteiger partial charge in [0, 0.05) is 30.7 Å². The Labute approximate surface area is 135 Å². The largest absolute Gasteiger partial charge is 0.352 e. The molecule has 6 nitrogen and oxygen atoms in total. The summed E-state index contributed by atoms with van der Waals surface area (Å²) < 4.78 is 0. The second kappa shape index (κ2) is 8.00. The molecule has 0 bridgehead atoms. The van der Waals surface area contributed by atoms with Gasteiger partial charge in [-0.05, 0) is 30.5 Å². The SMILES string of the molecule is NC(=O)NCC(=O)NC1CCN(Cc2ccc(Cl)cc2)CC1. The first-order valence-electron chi connectivity index (χ1n) is 7.32. The molecule has 0 aromatic heterocycles. The summed E-state index contributed by atoms with van der Waals surface area (Å²) >= 11 is 5.88. The number of benzene rings is 1. The van der Waals surface area contributed by atoms with E-state index in [9.17, 15) is 9.59 Å². The molecule has 1 fully saturated rings. The summed E-state index contributed by atoms with van der Waals surface area (Å²) in [5.74, 6) is -0.199. The molecular formula is C15H21ClN4O2. The van der Waals surface area contributed by atoms with Crippen molar-refractivity contribution in [2.24, 2.45) is 5.73 Å². The lowest BCUT2D eigenvalue weighted by atomic mass is 10.0. The number of halogens is 1. The van der Waals surface area contributed by atoms with Crippen molar-refractivity contribution in [2.45, 2.75) is 25.4 Å². The number of carbonyl (C=O) groups excluding carboxylic acids is 2. The van der Waals surface area contributed by atoms with Gasteiger partial charge in [0.25, 0.3) is 0 Å². The number of nitrogens with two attached hydrogens (primary N) is 1. The molecule has 1 aromatic rings. The Morgan fingerprint density at radius 2 is 1.86 bits per heavy atom. The van der Waals surface area contributed by atoms with Crippen molar-refractivity contribution >= 4 is 23.5 Å². The van der Waals surface area contributed by atoms with Crippen LogP contribution in [0.5, 0.6) is 0 Å². The maximum absolute atomic E-state index is 11.6. The van der Waals surface area contributed by atoms with Crippen LogP contribution in [0.25, 0.3) is 0 Å². The zero-order valence-electron chi connectivity index (χ0n) is 12.3. The van der Waals surface area contributed by atoms with Crippen LogP contribution in [-0.2, 0) is 11.3 Å². The Kier molecular flexibility index (Phi) is 6.03. The maximum atomic E-state index is 11.6. The van der Waals surface area contributed by atoms with Crippen molar-refractivity contribution in [2.75, 3.05) is 19.6 Å². The number of rotatable bonds is 5. The van der Waals surface area contributed by atoms with Gasteiger partial charge in [0.15, 0.2) is 0 Å². The molecule has 0 spiro atoms. The minimum Gasteiger partial charge on any atom is -0.352 e. The van der Waals surface area contributed by atoms with Crippen molar-refractivity contribution in [3.8, 4) is 0 Å². The van der Waals surface area contributed by atoms with E-state index in [-0.39, 0.29) is 18.5 Å². The number of urea groups is 1. The average molecular weight is 325 g/mol. The van der Waals surface area contributed by atoms with Crippen LogP contribution < -0.4 is 16.4 Å². The fraction of sp³-hybridized carbons (Fsp3) is 0.467. The molecule has 0 unspecified atom stereocenters. The Morgan fingerprint density at radius 3 is 2.45 bits per heavy atom. The predicted octanol–water partition coefficient (Wildman–Crippen LogP) is 1.09. The second-order valence-electron chi connectivity index (χ2n) is 5.46. The zero-order valence-corrected chi connectivity index (χ0v) is 13.1.